The fourth-order valence-electron chi connectivity index (χ4n) is 8.91. The lowest BCUT2D eigenvalue weighted by molar-refractivity contribution is -0.167. The SMILES string of the molecule is CC/C=C\C/C=C\C/C=C\C/C=C\C/C=C\C/C=C\CCCCCCCCCCC(=O)OCC(COC(=O)CCCCCCCCCCCCCCC)OC(=O)CCCCCCC/C=C\CCCCCCCCC. The molecule has 0 amide bonds. The van der Waals surface area contributed by atoms with Crippen molar-refractivity contribution >= 4 is 17.9 Å². The molecule has 0 N–H and O–H groups in total. The van der Waals surface area contributed by atoms with Crippen molar-refractivity contribution in [1.29, 1.82) is 0 Å². The highest BCUT2D eigenvalue weighted by atomic mass is 16.6. The van der Waals surface area contributed by atoms with E-state index in [1.807, 2.05) is 0 Å². The average molecular weight is 1030 g/mol. The van der Waals surface area contributed by atoms with Crippen molar-refractivity contribution in [2.75, 3.05) is 13.2 Å². The summed E-state index contributed by atoms with van der Waals surface area (Å²) >= 11 is 0. The number of unbranched alkanes of at least 4 members (excludes halogenated alkanes) is 32. The van der Waals surface area contributed by atoms with Crippen LogP contribution in [0, 0.1) is 0 Å². The van der Waals surface area contributed by atoms with E-state index in [2.05, 4.69) is 106 Å². The van der Waals surface area contributed by atoms with E-state index in [9.17, 15) is 14.4 Å². The van der Waals surface area contributed by atoms with Crippen molar-refractivity contribution in [3.05, 3.63) is 85.1 Å². The first-order valence-corrected chi connectivity index (χ1v) is 31.6. The van der Waals surface area contributed by atoms with E-state index in [0.29, 0.717) is 19.3 Å². The van der Waals surface area contributed by atoms with Crippen LogP contribution in [0.1, 0.15) is 310 Å². The van der Waals surface area contributed by atoms with Crippen LogP contribution < -0.4 is 0 Å². The molecule has 0 rings (SSSR count). The average Bonchev–Trinajstić information content (AvgIpc) is 3.40. The van der Waals surface area contributed by atoms with Gasteiger partial charge in [-0.2, -0.15) is 0 Å². The summed E-state index contributed by atoms with van der Waals surface area (Å²) in [4.78, 5) is 38.3. The normalized spacial score (nSPS) is 12.6. The summed E-state index contributed by atoms with van der Waals surface area (Å²) in [7, 11) is 0. The van der Waals surface area contributed by atoms with Crippen molar-refractivity contribution in [3.8, 4) is 0 Å². The summed E-state index contributed by atoms with van der Waals surface area (Å²) in [5.41, 5.74) is 0. The minimum atomic E-state index is -0.783. The lowest BCUT2D eigenvalue weighted by Gasteiger charge is -2.18. The van der Waals surface area contributed by atoms with Crippen molar-refractivity contribution in [2.24, 2.45) is 0 Å². The number of hydrogen-bond donors (Lipinski definition) is 0. The molecule has 0 aromatic heterocycles. The van der Waals surface area contributed by atoms with Crippen LogP contribution in [0.2, 0.25) is 0 Å². The Hall–Kier alpha value is -3.41. The first-order chi connectivity index (χ1) is 36.5. The zero-order valence-corrected chi connectivity index (χ0v) is 48.8. The lowest BCUT2D eigenvalue weighted by Crippen LogP contribution is -2.30. The molecular formula is C68H118O6. The van der Waals surface area contributed by atoms with Crippen LogP contribution in [0.5, 0.6) is 0 Å². The molecule has 0 aromatic carbocycles. The molecule has 0 fully saturated rings. The Labute approximate surface area is 458 Å². The van der Waals surface area contributed by atoms with E-state index in [-0.39, 0.29) is 31.1 Å². The molecule has 6 heteroatoms. The highest BCUT2D eigenvalue weighted by molar-refractivity contribution is 5.71. The molecule has 1 unspecified atom stereocenters. The molecule has 0 aliphatic carbocycles. The predicted molar refractivity (Wildman–Crippen MR) is 321 cm³/mol. The molecule has 74 heavy (non-hydrogen) atoms. The maximum atomic E-state index is 12.9. The zero-order chi connectivity index (χ0) is 53.6. The predicted octanol–water partition coefficient (Wildman–Crippen LogP) is 21.5. The van der Waals surface area contributed by atoms with Gasteiger partial charge in [0.2, 0.25) is 0 Å². The lowest BCUT2D eigenvalue weighted by atomic mass is 10.0. The molecular weight excluding hydrogens is 913 g/mol. The van der Waals surface area contributed by atoms with Gasteiger partial charge in [-0.25, -0.2) is 0 Å². The van der Waals surface area contributed by atoms with Gasteiger partial charge in [-0.1, -0.05) is 279 Å². The molecule has 0 aliphatic rings. The largest absolute Gasteiger partial charge is 0.462 e. The fourth-order valence-corrected chi connectivity index (χ4v) is 8.91. The minimum absolute atomic E-state index is 0.0792. The first kappa shape index (κ1) is 70.6. The topological polar surface area (TPSA) is 78.9 Å². The van der Waals surface area contributed by atoms with Crippen LogP contribution in [-0.4, -0.2) is 37.2 Å². The van der Waals surface area contributed by atoms with Gasteiger partial charge in [-0.15, -0.1) is 0 Å². The van der Waals surface area contributed by atoms with E-state index in [4.69, 9.17) is 14.2 Å². The van der Waals surface area contributed by atoms with Gasteiger partial charge in [0.25, 0.3) is 0 Å². The molecule has 0 bridgehead atoms. The Bertz CT molecular complexity index is 1420. The van der Waals surface area contributed by atoms with Crippen molar-refractivity contribution < 1.29 is 28.6 Å². The second-order valence-corrected chi connectivity index (χ2v) is 20.9. The van der Waals surface area contributed by atoms with Crippen molar-refractivity contribution in [1.82, 2.24) is 0 Å². The van der Waals surface area contributed by atoms with Crippen LogP contribution in [0.25, 0.3) is 0 Å². The third-order valence-corrected chi connectivity index (χ3v) is 13.6. The molecule has 0 radical (unpaired) electrons. The van der Waals surface area contributed by atoms with E-state index in [1.54, 1.807) is 0 Å². The number of hydrogen-bond acceptors (Lipinski definition) is 6. The maximum Gasteiger partial charge on any atom is 0.306 e. The Morgan fingerprint density at radius 3 is 0.838 bits per heavy atom. The number of allylic oxidation sites excluding steroid dienone is 14. The number of carbonyl (C=O) groups excluding carboxylic acids is 3. The Morgan fingerprint density at radius 2 is 0.527 bits per heavy atom. The summed E-state index contributed by atoms with van der Waals surface area (Å²) < 4.78 is 16.9. The van der Waals surface area contributed by atoms with Crippen LogP contribution in [-0.2, 0) is 28.6 Å². The van der Waals surface area contributed by atoms with Gasteiger partial charge in [0.1, 0.15) is 13.2 Å². The number of rotatable bonds is 57. The van der Waals surface area contributed by atoms with Crippen LogP contribution in [0.15, 0.2) is 85.1 Å². The van der Waals surface area contributed by atoms with Gasteiger partial charge in [0.05, 0.1) is 0 Å². The molecule has 0 heterocycles. The second kappa shape index (κ2) is 62.1. The van der Waals surface area contributed by atoms with Gasteiger partial charge < -0.3 is 14.2 Å². The van der Waals surface area contributed by atoms with Crippen molar-refractivity contribution in [2.45, 2.75) is 316 Å². The number of ether oxygens (including phenoxy) is 3. The first-order valence-electron chi connectivity index (χ1n) is 31.6. The van der Waals surface area contributed by atoms with Crippen molar-refractivity contribution in [3.63, 3.8) is 0 Å². The molecule has 0 saturated heterocycles. The Kier molecular flexibility index (Phi) is 59.3. The van der Waals surface area contributed by atoms with E-state index < -0.39 is 6.10 Å². The fraction of sp³-hybridized carbons (Fsp3) is 0.750. The third kappa shape index (κ3) is 59.5. The summed E-state index contributed by atoms with van der Waals surface area (Å²) in [5, 5.41) is 0. The number of esters is 3. The molecule has 0 aliphatic heterocycles. The molecule has 6 nitrogen and oxygen atoms in total. The second-order valence-electron chi connectivity index (χ2n) is 20.9. The standard InChI is InChI=1S/C68H118O6/c1-4-7-10-13-16-19-22-25-27-29-30-31-32-33-34-35-36-37-38-39-41-43-46-49-52-55-58-61-67(70)73-64-65(63-72-66(69)60-57-54-51-48-45-42-24-21-18-15-12-9-6-3)74-68(71)62-59-56-53-50-47-44-40-28-26-23-20-17-14-11-8-5-2/h7,10,16,19,25,27-28,30-31,33-34,36-37,40,65H,4-6,8-9,11-15,17-18,20-24,26,29,32,35,38-39,41-64H2,1-3H3/b10-7-,19-16-,27-25-,31-30-,34-33-,37-36-,40-28-. The zero-order valence-electron chi connectivity index (χ0n) is 48.8. The number of carbonyl (C=O) groups is 3. The smallest absolute Gasteiger partial charge is 0.306 e. The Balaban J connectivity index is 4.31. The van der Waals surface area contributed by atoms with Gasteiger partial charge in [0, 0.05) is 19.3 Å². The monoisotopic (exact) mass is 1030 g/mol. The molecule has 426 valence electrons. The minimum Gasteiger partial charge on any atom is -0.462 e. The van der Waals surface area contributed by atoms with Gasteiger partial charge in [-0.3, -0.25) is 14.4 Å². The Morgan fingerprint density at radius 1 is 0.284 bits per heavy atom. The summed E-state index contributed by atoms with van der Waals surface area (Å²) in [6.07, 6.45) is 81.5. The van der Waals surface area contributed by atoms with Gasteiger partial charge >= 0.3 is 17.9 Å². The molecule has 0 aromatic rings. The summed E-state index contributed by atoms with van der Waals surface area (Å²) in [5.74, 6) is -0.884. The third-order valence-electron chi connectivity index (χ3n) is 13.6. The highest BCUT2D eigenvalue weighted by Crippen LogP contribution is 2.16. The molecule has 1 atom stereocenters. The van der Waals surface area contributed by atoms with Gasteiger partial charge in [-0.05, 0) is 96.3 Å². The maximum absolute atomic E-state index is 12.9. The highest BCUT2D eigenvalue weighted by Gasteiger charge is 2.19. The van der Waals surface area contributed by atoms with Gasteiger partial charge in [0.15, 0.2) is 6.10 Å². The quantitative estimate of drug-likeness (QED) is 0.0261. The summed E-state index contributed by atoms with van der Waals surface area (Å²) in [6, 6.07) is 0. The van der Waals surface area contributed by atoms with E-state index >= 15 is 0 Å². The van der Waals surface area contributed by atoms with Crippen LogP contribution in [0.3, 0.4) is 0 Å². The summed E-state index contributed by atoms with van der Waals surface area (Å²) in [6.45, 7) is 6.54. The van der Waals surface area contributed by atoms with Crippen LogP contribution in [0.4, 0.5) is 0 Å². The molecule has 0 spiro atoms. The van der Waals surface area contributed by atoms with E-state index in [1.165, 1.54) is 154 Å². The van der Waals surface area contributed by atoms with E-state index in [0.717, 1.165) is 116 Å². The van der Waals surface area contributed by atoms with Crippen LogP contribution >= 0.6 is 0 Å². The molecule has 0 saturated carbocycles.